The summed E-state index contributed by atoms with van der Waals surface area (Å²) in [6.07, 6.45) is 1.88. The van der Waals surface area contributed by atoms with Gasteiger partial charge in [-0.05, 0) is 0 Å². The Labute approximate surface area is 76.4 Å². The van der Waals surface area contributed by atoms with Gasteiger partial charge in [-0.15, -0.1) is 0 Å². The van der Waals surface area contributed by atoms with Crippen LogP contribution in [0.1, 0.15) is 10.4 Å². The molecule has 2 heterocycles. The summed E-state index contributed by atoms with van der Waals surface area (Å²) in [6.45, 7) is 0. The average molecular weight is 198 g/mol. The number of halogens is 2. The van der Waals surface area contributed by atoms with Crippen molar-refractivity contribution in [1.82, 2.24) is 9.61 Å². The third-order valence-electron chi connectivity index (χ3n) is 1.76. The van der Waals surface area contributed by atoms with E-state index in [-0.39, 0.29) is 11.1 Å². The molecule has 1 N–H and O–H groups in total. The molecule has 0 aromatic carbocycles. The molecule has 72 valence electrons. The number of aromatic carboxylic acids is 1. The van der Waals surface area contributed by atoms with Crippen LogP contribution in [0.5, 0.6) is 0 Å². The monoisotopic (exact) mass is 198 g/mol. The lowest BCUT2D eigenvalue weighted by molar-refractivity contribution is 0.0698. The lowest BCUT2D eigenvalue weighted by Gasteiger charge is -1.96. The summed E-state index contributed by atoms with van der Waals surface area (Å²) in [4.78, 5) is 10.6. The van der Waals surface area contributed by atoms with E-state index in [4.69, 9.17) is 5.11 Å². The first kappa shape index (κ1) is 8.61. The van der Waals surface area contributed by atoms with Crippen LogP contribution in [0, 0.1) is 11.6 Å². The highest BCUT2D eigenvalue weighted by Crippen LogP contribution is 2.15. The van der Waals surface area contributed by atoms with Gasteiger partial charge >= 0.3 is 5.97 Å². The van der Waals surface area contributed by atoms with Crippen LogP contribution in [0.2, 0.25) is 0 Å². The molecule has 2 aromatic heterocycles. The van der Waals surface area contributed by atoms with Gasteiger partial charge in [0.2, 0.25) is 0 Å². The second kappa shape index (κ2) is 2.76. The first-order valence-electron chi connectivity index (χ1n) is 3.65. The maximum atomic E-state index is 13.1. The average Bonchev–Trinajstić information content (AvgIpc) is 2.47. The summed E-state index contributed by atoms with van der Waals surface area (Å²) < 4.78 is 26.7. The molecule has 0 unspecified atom stereocenters. The third kappa shape index (κ3) is 1.12. The number of aromatic nitrogens is 2. The Morgan fingerprint density at radius 3 is 2.86 bits per heavy atom. The minimum Gasteiger partial charge on any atom is -0.478 e. The molecular weight excluding hydrogens is 194 g/mol. The Balaban J connectivity index is 2.85. The van der Waals surface area contributed by atoms with E-state index in [2.05, 4.69) is 5.10 Å². The molecule has 2 aromatic rings. The van der Waals surface area contributed by atoms with Gasteiger partial charge in [-0.2, -0.15) is 5.10 Å². The Kier molecular flexibility index (Phi) is 1.70. The van der Waals surface area contributed by atoms with Crippen molar-refractivity contribution in [3.8, 4) is 0 Å². The van der Waals surface area contributed by atoms with Crippen LogP contribution >= 0.6 is 0 Å². The molecule has 0 aliphatic carbocycles. The van der Waals surface area contributed by atoms with Gasteiger partial charge in [0, 0.05) is 6.07 Å². The summed E-state index contributed by atoms with van der Waals surface area (Å²) >= 11 is 0. The molecule has 0 spiro atoms. The van der Waals surface area contributed by atoms with Crippen molar-refractivity contribution in [3.05, 3.63) is 35.7 Å². The van der Waals surface area contributed by atoms with Crippen molar-refractivity contribution in [3.63, 3.8) is 0 Å². The van der Waals surface area contributed by atoms with Gasteiger partial charge in [0.25, 0.3) is 0 Å². The molecule has 0 aliphatic rings. The van der Waals surface area contributed by atoms with E-state index >= 15 is 0 Å². The van der Waals surface area contributed by atoms with Crippen LogP contribution in [0.4, 0.5) is 8.78 Å². The van der Waals surface area contributed by atoms with E-state index in [1.807, 2.05) is 0 Å². The van der Waals surface area contributed by atoms with Gasteiger partial charge in [-0.1, -0.05) is 0 Å². The summed E-state index contributed by atoms with van der Waals surface area (Å²) in [6, 6.07) is 0.615. The van der Waals surface area contributed by atoms with Gasteiger partial charge in [0.1, 0.15) is 16.9 Å². The Bertz CT molecular complexity index is 521. The Morgan fingerprint density at radius 1 is 1.50 bits per heavy atom. The number of pyridine rings is 1. The van der Waals surface area contributed by atoms with Crippen molar-refractivity contribution in [2.45, 2.75) is 0 Å². The van der Waals surface area contributed by atoms with Crippen molar-refractivity contribution in [2.24, 2.45) is 0 Å². The number of rotatable bonds is 1. The maximum Gasteiger partial charge on any atom is 0.339 e. The summed E-state index contributed by atoms with van der Waals surface area (Å²) in [5.74, 6) is -3.06. The van der Waals surface area contributed by atoms with Crippen LogP contribution in [-0.4, -0.2) is 20.7 Å². The number of carbonyl (C=O) groups is 1. The SMILES string of the molecule is O=C(O)c1cnn2cc(F)cc(F)c12. The van der Waals surface area contributed by atoms with Crippen LogP contribution in [0.25, 0.3) is 5.52 Å². The smallest absolute Gasteiger partial charge is 0.339 e. The van der Waals surface area contributed by atoms with Crippen molar-refractivity contribution in [2.75, 3.05) is 0 Å². The predicted molar refractivity (Wildman–Crippen MR) is 42.1 cm³/mol. The van der Waals surface area contributed by atoms with Crippen LogP contribution in [0.3, 0.4) is 0 Å². The highest BCUT2D eigenvalue weighted by Gasteiger charge is 2.15. The van der Waals surface area contributed by atoms with Crippen molar-refractivity contribution >= 4 is 11.5 Å². The molecule has 4 nitrogen and oxygen atoms in total. The molecule has 0 amide bonds. The highest BCUT2D eigenvalue weighted by atomic mass is 19.1. The molecule has 0 fully saturated rings. The fourth-order valence-corrected chi connectivity index (χ4v) is 1.20. The zero-order valence-corrected chi connectivity index (χ0v) is 6.74. The van der Waals surface area contributed by atoms with E-state index < -0.39 is 17.6 Å². The van der Waals surface area contributed by atoms with E-state index in [1.54, 1.807) is 0 Å². The maximum absolute atomic E-state index is 13.1. The molecule has 0 aliphatic heterocycles. The standard InChI is InChI=1S/C8H4F2N2O2/c9-4-1-6(10)7-5(8(13)14)2-11-12(7)3-4/h1-3H,(H,13,14). The molecule has 2 rings (SSSR count). The second-order valence-corrected chi connectivity index (χ2v) is 2.66. The molecule has 0 saturated heterocycles. The van der Waals surface area contributed by atoms with Crippen LogP contribution in [0.15, 0.2) is 18.5 Å². The fraction of sp³-hybridized carbons (Fsp3) is 0. The summed E-state index contributed by atoms with van der Waals surface area (Å²) in [5.41, 5.74) is -0.526. The minimum absolute atomic E-state index is 0.237. The Morgan fingerprint density at radius 2 is 2.21 bits per heavy atom. The third-order valence-corrected chi connectivity index (χ3v) is 1.76. The normalized spacial score (nSPS) is 10.7. The zero-order valence-electron chi connectivity index (χ0n) is 6.74. The van der Waals surface area contributed by atoms with E-state index in [9.17, 15) is 13.6 Å². The largest absolute Gasteiger partial charge is 0.478 e. The molecule has 0 radical (unpaired) electrons. The van der Waals surface area contributed by atoms with Gasteiger partial charge in [-0.3, -0.25) is 0 Å². The van der Waals surface area contributed by atoms with Gasteiger partial charge < -0.3 is 5.11 Å². The van der Waals surface area contributed by atoms with E-state index in [1.165, 1.54) is 0 Å². The quantitative estimate of drug-likeness (QED) is 0.751. The van der Waals surface area contributed by atoms with Crippen molar-refractivity contribution < 1.29 is 18.7 Å². The predicted octanol–water partition coefficient (Wildman–Crippen LogP) is 1.31. The number of carboxylic acids is 1. The fourth-order valence-electron chi connectivity index (χ4n) is 1.20. The lowest BCUT2D eigenvalue weighted by atomic mass is 10.2. The van der Waals surface area contributed by atoms with Crippen LogP contribution in [-0.2, 0) is 0 Å². The number of hydrogen-bond donors (Lipinski definition) is 1. The zero-order chi connectivity index (χ0) is 10.3. The lowest BCUT2D eigenvalue weighted by Crippen LogP contribution is -1.98. The van der Waals surface area contributed by atoms with Gasteiger partial charge in [-0.25, -0.2) is 18.1 Å². The number of carboxylic acid groups (broad SMARTS) is 1. The molecule has 0 atom stereocenters. The molecule has 6 heteroatoms. The molecular formula is C8H4F2N2O2. The highest BCUT2D eigenvalue weighted by molar-refractivity contribution is 5.95. The minimum atomic E-state index is -1.30. The number of fused-ring (bicyclic) bond motifs is 1. The first-order chi connectivity index (χ1) is 6.59. The summed E-state index contributed by atoms with van der Waals surface area (Å²) in [5, 5.41) is 12.2. The van der Waals surface area contributed by atoms with E-state index in [0.29, 0.717) is 6.07 Å². The molecule has 0 saturated carbocycles. The summed E-state index contributed by atoms with van der Waals surface area (Å²) in [7, 11) is 0. The number of nitrogens with zero attached hydrogens (tertiary/aromatic N) is 2. The number of hydrogen-bond acceptors (Lipinski definition) is 2. The second-order valence-electron chi connectivity index (χ2n) is 2.66. The first-order valence-corrected chi connectivity index (χ1v) is 3.65. The topological polar surface area (TPSA) is 54.6 Å². The molecule has 0 bridgehead atoms. The van der Waals surface area contributed by atoms with Crippen LogP contribution < -0.4 is 0 Å². The molecule has 14 heavy (non-hydrogen) atoms. The van der Waals surface area contributed by atoms with Crippen molar-refractivity contribution in [1.29, 1.82) is 0 Å². The van der Waals surface area contributed by atoms with Gasteiger partial charge in [0.05, 0.1) is 12.4 Å². The Hall–Kier alpha value is -1.98. The van der Waals surface area contributed by atoms with E-state index in [0.717, 1.165) is 16.9 Å². The van der Waals surface area contributed by atoms with Gasteiger partial charge in [0.15, 0.2) is 5.82 Å².